The van der Waals surface area contributed by atoms with Gasteiger partial charge in [0.2, 0.25) is 0 Å². The zero-order valence-electron chi connectivity index (χ0n) is 13.8. The summed E-state index contributed by atoms with van der Waals surface area (Å²) in [7, 11) is 0. The fourth-order valence-electron chi connectivity index (χ4n) is 1.97. The molecule has 0 radical (unpaired) electrons. The molecule has 136 valence electrons. The van der Waals surface area contributed by atoms with Gasteiger partial charge < -0.3 is 5.11 Å². The standard InChI is InChI=1S/C18H14ClF3N2O2/c1-10-3-8-14(9-11(10)2)23-24-15(17(26)18(20,21)22)16(25)12-4-6-13(19)7-5-12/h3-9,25H,1-2H3. The number of aryl methyl sites for hydroxylation is 2. The molecule has 1 N–H and O–H groups in total. The topological polar surface area (TPSA) is 62.0 Å². The van der Waals surface area contributed by atoms with Crippen LogP contribution in [0, 0.1) is 13.8 Å². The number of rotatable bonds is 4. The molecule has 0 aliphatic carbocycles. The maximum absolute atomic E-state index is 12.9. The van der Waals surface area contributed by atoms with Crippen LogP contribution >= 0.6 is 11.6 Å². The first kappa shape index (κ1) is 19.7. The lowest BCUT2D eigenvalue weighted by atomic mass is 10.1. The molecule has 2 rings (SSSR count). The van der Waals surface area contributed by atoms with Gasteiger partial charge in [-0.2, -0.15) is 18.3 Å². The van der Waals surface area contributed by atoms with Crippen molar-refractivity contribution in [2.75, 3.05) is 0 Å². The van der Waals surface area contributed by atoms with E-state index < -0.39 is 23.4 Å². The van der Waals surface area contributed by atoms with Crippen LogP contribution in [0.2, 0.25) is 5.02 Å². The van der Waals surface area contributed by atoms with E-state index in [-0.39, 0.29) is 11.3 Å². The number of hydrogen-bond donors (Lipinski definition) is 1. The fraction of sp³-hybridized carbons (Fsp3) is 0.167. The van der Waals surface area contributed by atoms with Crippen molar-refractivity contribution < 1.29 is 23.1 Å². The summed E-state index contributed by atoms with van der Waals surface area (Å²) >= 11 is 5.71. The van der Waals surface area contributed by atoms with Crippen molar-refractivity contribution in [3.05, 3.63) is 69.9 Å². The molecular formula is C18H14ClF3N2O2. The summed E-state index contributed by atoms with van der Waals surface area (Å²) in [5.74, 6) is -3.23. The average molecular weight is 383 g/mol. The second-order valence-corrected chi connectivity index (χ2v) is 5.94. The third-order valence-electron chi connectivity index (χ3n) is 3.57. The summed E-state index contributed by atoms with van der Waals surface area (Å²) in [6.45, 7) is 3.66. The first-order valence-corrected chi connectivity index (χ1v) is 7.77. The molecule has 0 fully saturated rings. The van der Waals surface area contributed by atoms with Gasteiger partial charge in [-0.15, -0.1) is 5.11 Å². The Morgan fingerprint density at radius 2 is 1.65 bits per heavy atom. The Morgan fingerprint density at radius 1 is 1.04 bits per heavy atom. The lowest BCUT2D eigenvalue weighted by molar-refractivity contribution is -0.166. The van der Waals surface area contributed by atoms with Crippen molar-refractivity contribution in [2.24, 2.45) is 10.2 Å². The van der Waals surface area contributed by atoms with E-state index in [1.807, 2.05) is 6.92 Å². The molecule has 0 bridgehead atoms. The Hall–Kier alpha value is -2.67. The third kappa shape index (κ3) is 4.70. The first-order chi connectivity index (χ1) is 12.1. The molecule has 0 aliphatic rings. The van der Waals surface area contributed by atoms with Crippen LogP contribution in [0.4, 0.5) is 18.9 Å². The molecule has 26 heavy (non-hydrogen) atoms. The number of carbonyl (C=O) groups excluding carboxylic acids is 1. The Labute approximate surface area is 152 Å². The molecule has 4 nitrogen and oxygen atoms in total. The molecule has 2 aromatic carbocycles. The van der Waals surface area contributed by atoms with Crippen molar-refractivity contribution in [3.8, 4) is 0 Å². The molecule has 8 heteroatoms. The molecule has 0 spiro atoms. The molecule has 0 aromatic heterocycles. The monoisotopic (exact) mass is 382 g/mol. The van der Waals surface area contributed by atoms with Crippen molar-refractivity contribution in [2.45, 2.75) is 20.0 Å². The quantitative estimate of drug-likeness (QED) is 0.394. The smallest absolute Gasteiger partial charge is 0.456 e. The number of benzene rings is 2. The van der Waals surface area contributed by atoms with E-state index >= 15 is 0 Å². The zero-order valence-corrected chi connectivity index (χ0v) is 14.6. The summed E-state index contributed by atoms with van der Waals surface area (Å²) in [5, 5.41) is 17.5. The van der Waals surface area contributed by atoms with Gasteiger partial charge in [-0.05, 0) is 61.4 Å². The fourth-order valence-corrected chi connectivity index (χ4v) is 2.10. The van der Waals surface area contributed by atoms with Crippen LogP contribution in [0.25, 0.3) is 5.76 Å². The van der Waals surface area contributed by atoms with E-state index in [4.69, 9.17) is 11.6 Å². The summed E-state index contributed by atoms with van der Waals surface area (Å²) in [5.41, 5.74) is 0.842. The highest BCUT2D eigenvalue weighted by Gasteiger charge is 2.43. The lowest BCUT2D eigenvalue weighted by Gasteiger charge is -2.08. The predicted molar refractivity (Wildman–Crippen MR) is 92.5 cm³/mol. The SMILES string of the molecule is Cc1ccc(N=NC(C(=O)C(F)(F)F)=C(O)c2ccc(Cl)cc2)cc1C. The highest BCUT2D eigenvalue weighted by molar-refractivity contribution is 6.30. The van der Waals surface area contributed by atoms with Gasteiger partial charge in [-0.3, -0.25) is 4.79 Å². The van der Waals surface area contributed by atoms with Crippen LogP contribution in [0.1, 0.15) is 16.7 Å². The van der Waals surface area contributed by atoms with Gasteiger partial charge in [-0.25, -0.2) is 0 Å². The minimum Gasteiger partial charge on any atom is -0.505 e. The molecule has 0 unspecified atom stereocenters. The number of azo groups is 1. The highest BCUT2D eigenvalue weighted by atomic mass is 35.5. The van der Waals surface area contributed by atoms with E-state index in [9.17, 15) is 23.1 Å². The van der Waals surface area contributed by atoms with Crippen LogP contribution in [0.5, 0.6) is 0 Å². The molecule has 2 aromatic rings. The highest BCUT2D eigenvalue weighted by Crippen LogP contribution is 2.28. The molecule has 0 saturated heterocycles. The number of hydrogen-bond acceptors (Lipinski definition) is 4. The van der Waals surface area contributed by atoms with E-state index in [0.29, 0.717) is 5.02 Å². The van der Waals surface area contributed by atoms with Gasteiger partial charge >= 0.3 is 6.18 Å². The van der Waals surface area contributed by atoms with Gasteiger partial charge in [0.25, 0.3) is 5.78 Å². The predicted octanol–water partition coefficient (Wildman–Crippen LogP) is 6.10. The lowest BCUT2D eigenvalue weighted by Crippen LogP contribution is -2.24. The van der Waals surface area contributed by atoms with Crippen molar-refractivity contribution in [1.29, 1.82) is 0 Å². The first-order valence-electron chi connectivity index (χ1n) is 7.39. The van der Waals surface area contributed by atoms with E-state index in [1.54, 1.807) is 25.1 Å². The van der Waals surface area contributed by atoms with Gasteiger partial charge in [0.05, 0.1) is 5.69 Å². The Balaban J connectivity index is 2.52. The van der Waals surface area contributed by atoms with Gasteiger partial charge in [-0.1, -0.05) is 17.7 Å². The number of aliphatic hydroxyl groups excluding tert-OH is 1. The van der Waals surface area contributed by atoms with Gasteiger partial charge in [0.1, 0.15) is 0 Å². The number of halogens is 4. The number of carbonyl (C=O) groups is 1. The normalized spacial score (nSPS) is 13.0. The molecule has 0 aliphatic heterocycles. The molecular weight excluding hydrogens is 369 g/mol. The minimum atomic E-state index is -5.21. The van der Waals surface area contributed by atoms with Crippen LogP contribution < -0.4 is 0 Å². The van der Waals surface area contributed by atoms with Crippen LogP contribution in [0.15, 0.2) is 58.4 Å². The van der Waals surface area contributed by atoms with E-state index in [0.717, 1.165) is 11.1 Å². The van der Waals surface area contributed by atoms with Gasteiger partial charge in [0, 0.05) is 10.6 Å². The number of aliphatic hydroxyl groups is 1. The Morgan fingerprint density at radius 3 is 2.19 bits per heavy atom. The summed E-state index contributed by atoms with van der Waals surface area (Å²) in [4.78, 5) is 11.7. The Bertz CT molecular complexity index is 888. The Kier molecular flexibility index (Phi) is 5.82. The van der Waals surface area contributed by atoms with Crippen molar-refractivity contribution in [1.82, 2.24) is 0 Å². The van der Waals surface area contributed by atoms with E-state index in [2.05, 4.69) is 10.2 Å². The molecule has 0 heterocycles. The minimum absolute atomic E-state index is 0.0407. The summed E-state index contributed by atoms with van der Waals surface area (Å²) in [6.07, 6.45) is -5.21. The number of allylic oxidation sites excluding steroid dienone is 1. The van der Waals surface area contributed by atoms with Crippen LogP contribution in [0.3, 0.4) is 0 Å². The molecule has 0 amide bonds. The van der Waals surface area contributed by atoms with Crippen LogP contribution in [-0.2, 0) is 4.79 Å². The number of Topliss-reactive ketones (excluding diaryl/α,β-unsaturated/α-hetero) is 1. The second kappa shape index (κ2) is 7.70. The maximum Gasteiger partial charge on any atom is 0.456 e. The number of alkyl halides is 3. The molecule has 0 saturated carbocycles. The largest absolute Gasteiger partial charge is 0.505 e. The van der Waals surface area contributed by atoms with Crippen molar-refractivity contribution in [3.63, 3.8) is 0 Å². The zero-order chi connectivity index (χ0) is 19.5. The third-order valence-corrected chi connectivity index (χ3v) is 3.82. The number of ketones is 1. The second-order valence-electron chi connectivity index (χ2n) is 5.50. The average Bonchev–Trinajstić information content (AvgIpc) is 2.57. The number of nitrogens with zero attached hydrogens (tertiary/aromatic N) is 2. The maximum atomic E-state index is 12.9. The summed E-state index contributed by atoms with van der Waals surface area (Å²) < 4.78 is 38.6. The van der Waals surface area contributed by atoms with Crippen molar-refractivity contribution >= 4 is 28.8 Å². The van der Waals surface area contributed by atoms with Gasteiger partial charge in [0.15, 0.2) is 11.5 Å². The van der Waals surface area contributed by atoms with E-state index in [1.165, 1.54) is 24.3 Å². The molecule has 0 atom stereocenters. The van der Waals surface area contributed by atoms with Crippen LogP contribution in [-0.4, -0.2) is 17.1 Å². The summed E-state index contributed by atoms with van der Waals surface area (Å²) in [6, 6.07) is 10.1.